The lowest BCUT2D eigenvalue weighted by atomic mass is 9.98. The van der Waals surface area contributed by atoms with Gasteiger partial charge in [-0.3, -0.25) is 9.52 Å². The fourth-order valence-corrected chi connectivity index (χ4v) is 3.79. The average molecular weight is 505 g/mol. The van der Waals surface area contributed by atoms with Gasteiger partial charge in [0.2, 0.25) is 15.9 Å². The Morgan fingerprint density at radius 2 is 1.71 bits per heavy atom. The van der Waals surface area contributed by atoms with Crippen molar-refractivity contribution < 1.29 is 35.2 Å². The van der Waals surface area contributed by atoms with E-state index in [1.807, 2.05) is 6.92 Å². The minimum atomic E-state index is -4.48. The van der Waals surface area contributed by atoms with Crippen LogP contribution >= 0.6 is 0 Å². The van der Waals surface area contributed by atoms with Gasteiger partial charge in [0.1, 0.15) is 5.69 Å². The maximum absolute atomic E-state index is 14.2. The molecule has 0 aliphatic rings. The van der Waals surface area contributed by atoms with Gasteiger partial charge in [0.25, 0.3) is 0 Å². The van der Waals surface area contributed by atoms with E-state index >= 15 is 0 Å². The molecule has 186 valence electrons. The number of benzene rings is 2. The fraction of sp³-hybridized carbons (Fsp3) is 0.348. The molecule has 0 aliphatic heterocycles. The number of hydrogen-bond acceptors (Lipinski definition) is 3. The number of alkyl halides is 3. The van der Waals surface area contributed by atoms with Crippen molar-refractivity contribution in [1.82, 2.24) is 5.32 Å². The number of amides is 1. The third-order valence-corrected chi connectivity index (χ3v) is 5.49. The molecule has 1 unspecified atom stereocenters. The molecule has 0 fully saturated rings. The molecule has 1 amide bonds. The number of nitrogens with one attached hydrogen (secondary N) is 2. The van der Waals surface area contributed by atoms with E-state index in [9.17, 15) is 35.2 Å². The summed E-state index contributed by atoms with van der Waals surface area (Å²) in [5.41, 5.74) is -0.468. The maximum Gasteiger partial charge on any atom is 0.416 e. The Kier molecular flexibility index (Phi) is 8.46. The van der Waals surface area contributed by atoms with Crippen LogP contribution < -0.4 is 10.0 Å². The first-order valence-corrected chi connectivity index (χ1v) is 12.2. The number of sulfonamides is 1. The van der Waals surface area contributed by atoms with Crippen molar-refractivity contribution in [1.29, 1.82) is 0 Å². The van der Waals surface area contributed by atoms with Crippen LogP contribution in [0.25, 0.3) is 6.08 Å². The molecule has 2 N–H and O–H groups in total. The van der Waals surface area contributed by atoms with Crippen molar-refractivity contribution in [3.8, 4) is 0 Å². The standard InChI is InChI=1S/C23H25F5N2O3S/c1-5-6-15-10-18(23(26,27)28)8-7-16(15)9-13(2)22(31)29-14(3)17-11-19(24)21(20(25)12-17)30-34(4,32)33/h7-12,14,30H,5-6H2,1-4H3,(H,29,31). The summed E-state index contributed by atoms with van der Waals surface area (Å²) in [6.45, 7) is 4.77. The van der Waals surface area contributed by atoms with Gasteiger partial charge in [-0.1, -0.05) is 19.4 Å². The van der Waals surface area contributed by atoms with Crippen molar-refractivity contribution in [2.24, 2.45) is 0 Å². The van der Waals surface area contributed by atoms with Crippen molar-refractivity contribution >= 4 is 27.7 Å². The predicted octanol–water partition coefficient (Wildman–Crippen LogP) is 5.59. The van der Waals surface area contributed by atoms with Crippen LogP contribution in [0.15, 0.2) is 35.9 Å². The Balaban J connectivity index is 2.25. The molecule has 0 spiro atoms. The molecular weight excluding hydrogens is 479 g/mol. The lowest BCUT2D eigenvalue weighted by Gasteiger charge is -2.17. The van der Waals surface area contributed by atoms with E-state index in [0.717, 1.165) is 30.5 Å². The Morgan fingerprint density at radius 1 is 1.12 bits per heavy atom. The largest absolute Gasteiger partial charge is 0.416 e. The fourth-order valence-electron chi connectivity index (χ4n) is 3.23. The summed E-state index contributed by atoms with van der Waals surface area (Å²) in [4.78, 5) is 12.6. The highest BCUT2D eigenvalue weighted by Crippen LogP contribution is 2.31. The predicted molar refractivity (Wildman–Crippen MR) is 120 cm³/mol. The summed E-state index contributed by atoms with van der Waals surface area (Å²) in [6, 6.07) is 4.24. The number of aryl methyl sites for hydroxylation is 1. The molecule has 0 aliphatic carbocycles. The first kappa shape index (κ1) is 27.3. The Hall–Kier alpha value is -2.95. The second-order valence-corrected chi connectivity index (χ2v) is 9.67. The Morgan fingerprint density at radius 3 is 2.21 bits per heavy atom. The quantitative estimate of drug-likeness (QED) is 0.364. The molecule has 1 atom stereocenters. The molecule has 2 aromatic carbocycles. The van der Waals surface area contributed by atoms with Crippen LogP contribution in [0.3, 0.4) is 0 Å². The van der Waals surface area contributed by atoms with Crippen molar-refractivity contribution in [3.05, 3.63) is 69.8 Å². The highest BCUT2D eigenvalue weighted by atomic mass is 32.2. The zero-order valence-corrected chi connectivity index (χ0v) is 19.8. The van der Waals surface area contributed by atoms with E-state index in [-0.39, 0.29) is 11.1 Å². The van der Waals surface area contributed by atoms with Gasteiger partial charge in [-0.15, -0.1) is 0 Å². The number of carbonyl (C=O) groups excluding carboxylic acids is 1. The molecule has 0 radical (unpaired) electrons. The lowest BCUT2D eigenvalue weighted by Crippen LogP contribution is -2.27. The number of anilines is 1. The van der Waals surface area contributed by atoms with E-state index in [1.54, 1.807) is 4.72 Å². The highest BCUT2D eigenvalue weighted by Gasteiger charge is 2.30. The summed E-state index contributed by atoms with van der Waals surface area (Å²) >= 11 is 0. The molecular formula is C23H25F5N2O3S. The van der Waals surface area contributed by atoms with Crippen LogP contribution in [0.5, 0.6) is 0 Å². The van der Waals surface area contributed by atoms with E-state index < -0.39 is 51.0 Å². The molecule has 0 bridgehead atoms. The second kappa shape index (κ2) is 10.5. The molecule has 0 heterocycles. The Bertz CT molecular complexity index is 1180. The molecule has 11 heteroatoms. The third kappa shape index (κ3) is 7.28. The van der Waals surface area contributed by atoms with Gasteiger partial charge in [-0.2, -0.15) is 13.2 Å². The summed E-state index contributed by atoms with van der Waals surface area (Å²) in [5, 5.41) is 2.57. The van der Waals surface area contributed by atoms with Crippen LogP contribution in [0.1, 0.15) is 55.5 Å². The Labute approximate surface area is 195 Å². The summed E-state index contributed by atoms with van der Waals surface area (Å²) in [5.74, 6) is -2.89. The molecule has 34 heavy (non-hydrogen) atoms. The van der Waals surface area contributed by atoms with Gasteiger partial charge in [0, 0.05) is 5.57 Å². The van der Waals surface area contributed by atoms with Gasteiger partial charge in [-0.25, -0.2) is 17.2 Å². The SMILES string of the molecule is CCCc1cc(C(F)(F)F)ccc1C=C(C)C(=O)NC(C)c1cc(F)c(NS(C)(=O)=O)c(F)c1. The summed E-state index contributed by atoms with van der Waals surface area (Å²) < 4.78 is 91.9. The molecule has 0 saturated carbocycles. The smallest absolute Gasteiger partial charge is 0.346 e. The first-order chi connectivity index (χ1) is 15.6. The lowest BCUT2D eigenvalue weighted by molar-refractivity contribution is -0.137. The minimum Gasteiger partial charge on any atom is -0.346 e. The average Bonchev–Trinajstić information content (AvgIpc) is 2.70. The van der Waals surface area contributed by atoms with Gasteiger partial charge in [0.05, 0.1) is 17.9 Å². The van der Waals surface area contributed by atoms with Gasteiger partial charge in [-0.05, 0) is 67.3 Å². The van der Waals surface area contributed by atoms with Gasteiger partial charge < -0.3 is 5.32 Å². The third-order valence-electron chi connectivity index (χ3n) is 4.92. The normalized spacial score (nSPS) is 13.5. The van der Waals surface area contributed by atoms with Crippen LogP contribution in [-0.2, 0) is 27.4 Å². The molecule has 0 aromatic heterocycles. The van der Waals surface area contributed by atoms with Crippen LogP contribution in [0.4, 0.5) is 27.6 Å². The van der Waals surface area contributed by atoms with E-state index in [2.05, 4.69) is 5.32 Å². The molecule has 2 aromatic rings. The van der Waals surface area contributed by atoms with Crippen LogP contribution in [-0.4, -0.2) is 20.6 Å². The summed E-state index contributed by atoms with van der Waals surface area (Å²) in [6.07, 6.45) is -1.30. The van der Waals surface area contributed by atoms with Crippen molar-refractivity contribution in [2.45, 2.75) is 45.8 Å². The maximum atomic E-state index is 14.2. The molecule has 0 saturated heterocycles. The molecule has 5 nitrogen and oxygen atoms in total. The topological polar surface area (TPSA) is 75.3 Å². The number of hydrogen-bond donors (Lipinski definition) is 2. The van der Waals surface area contributed by atoms with E-state index in [4.69, 9.17) is 0 Å². The van der Waals surface area contributed by atoms with Gasteiger partial charge in [0.15, 0.2) is 11.6 Å². The zero-order chi connectivity index (χ0) is 25.8. The first-order valence-electron chi connectivity index (χ1n) is 10.3. The molecule has 2 rings (SSSR count). The zero-order valence-electron chi connectivity index (χ0n) is 19.0. The number of halogens is 5. The van der Waals surface area contributed by atoms with E-state index in [1.165, 1.54) is 26.0 Å². The second-order valence-electron chi connectivity index (χ2n) is 7.92. The van der Waals surface area contributed by atoms with E-state index in [0.29, 0.717) is 24.0 Å². The number of rotatable bonds is 8. The minimum absolute atomic E-state index is 0.0522. The number of carbonyl (C=O) groups is 1. The van der Waals surface area contributed by atoms with Crippen molar-refractivity contribution in [3.63, 3.8) is 0 Å². The monoisotopic (exact) mass is 504 g/mol. The van der Waals surface area contributed by atoms with Gasteiger partial charge >= 0.3 is 6.18 Å². The van der Waals surface area contributed by atoms with Crippen LogP contribution in [0, 0.1) is 11.6 Å². The van der Waals surface area contributed by atoms with Crippen molar-refractivity contribution in [2.75, 3.05) is 11.0 Å². The summed E-state index contributed by atoms with van der Waals surface area (Å²) in [7, 11) is -3.90. The highest BCUT2D eigenvalue weighted by molar-refractivity contribution is 7.92. The van der Waals surface area contributed by atoms with Crippen LogP contribution in [0.2, 0.25) is 0 Å².